The highest BCUT2D eigenvalue weighted by Crippen LogP contribution is 2.34. The van der Waals surface area contributed by atoms with Crippen LogP contribution in [0.1, 0.15) is 21.7 Å². The van der Waals surface area contributed by atoms with Gasteiger partial charge in [-0.2, -0.15) is 13.2 Å². The van der Waals surface area contributed by atoms with E-state index in [0.29, 0.717) is 11.3 Å². The predicted octanol–water partition coefficient (Wildman–Crippen LogP) is 6.67. The minimum atomic E-state index is -4.73. The van der Waals surface area contributed by atoms with Crippen molar-refractivity contribution in [3.63, 3.8) is 0 Å². The third kappa shape index (κ3) is 4.62. The lowest BCUT2D eigenvalue weighted by Gasteiger charge is -2.12. The van der Waals surface area contributed by atoms with Crippen LogP contribution in [-0.2, 0) is 12.7 Å². The Bertz CT molecular complexity index is 1320. The maximum absolute atomic E-state index is 13.9. The summed E-state index contributed by atoms with van der Waals surface area (Å²) in [5, 5.41) is 2.97. The highest BCUT2D eigenvalue weighted by atomic mass is 35.5. The number of para-hydroxylation sites is 2. The highest BCUT2D eigenvalue weighted by Gasteiger charge is 2.38. The van der Waals surface area contributed by atoms with E-state index >= 15 is 0 Å². The molecule has 1 heterocycles. The molecule has 0 spiro atoms. The number of ether oxygens (including phenoxy) is 1. The minimum absolute atomic E-state index is 0.0394. The summed E-state index contributed by atoms with van der Waals surface area (Å²) in [7, 11) is 1.50. The Labute approximate surface area is 196 Å². The van der Waals surface area contributed by atoms with Crippen molar-refractivity contribution in [3.05, 3.63) is 87.7 Å². The molecule has 0 unspecified atom stereocenters. The summed E-state index contributed by atoms with van der Waals surface area (Å²) in [5.74, 6) is -1.20. The molecule has 4 rings (SSSR count). The Hall–Kier alpha value is -3.23. The zero-order valence-electron chi connectivity index (χ0n) is 17.1. The molecule has 0 saturated heterocycles. The van der Waals surface area contributed by atoms with Gasteiger partial charge < -0.3 is 14.6 Å². The zero-order chi connectivity index (χ0) is 23.8. The Morgan fingerprint density at radius 1 is 1.03 bits per heavy atom. The topological polar surface area (TPSA) is 56.2 Å². The molecule has 0 aliphatic heterocycles. The quantitative estimate of drug-likeness (QED) is 0.337. The van der Waals surface area contributed by atoms with E-state index in [2.05, 4.69) is 10.3 Å². The summed E-state index contributed by atoms with van der Waals surface area (Å²) in [5.41, 5.74) is 0.812. The molecule has 1 amide bonds. The van der Waals surface area contributed by atoms with E-state index in [9.17, 15) is 18.0 Å². The van der Waals surface area contributed by atoms with Gasteiger partial charge in [-0.25, -0.2) is 4.98 Å². The summed E-state index contributed by atoms with van der Waals surface area (Å²) in [6.07, 6.45) is -4.73. The molecule has 0 bridgehead atoms. The van der Waals surface area contributed by atoms with Gasteiger partial charge in [0, 0.05) is 6.54 Å². The van der Waals surface area contributed by atoms with Gasteiger partial charge >= 0.3 is 6.18 Å². The zero-order valence-corrected chi connectivity index (χ0v) is 18.6. The SMILES string of the molecule is COc1ccc(Cn2c(C(F)(F)F)nc3c(C(=O)Nc4c(Cl)cccc4Cl)cccc32)cc1. The number of alkyl halides is 3. The lowest BCUT2D eigenvalue weighted by Crippen LogP contribution is -2.15. The second kappa shape index (κ2) is 8.96. The van der Waals surface area contributed by atoms with Crippen molar-refractivity contribution in [2.45, 2.75) is 12.7 Å². The first-order chi connectivity index (χ1) is 15.7. The second-order valence-electron chi connectivity index (χ2n) is 7.09. The molecule has 0 atom stereocenters. The summed E-state index contributed by atoms with van der Waals surface area (Å²) < 4.78 is 47.7. The molecule has 1 aromatic heterocycles. The number of nitrogens with one attached hydrogen (secondary N) is 1. The molecule has 0 aliphatic rings. The molecule has 1 N–H and O–H groups in total. The summed E-state index contributed by atoms with van der Waals surface area (Å²) in [6.45, 7) is -0.100. The number of nitrogens with zero attached hydrogens (tertiary/aromatic N) is 2. The largest absolute Gasteiger partial charge is 0.497 e. The molecular weight excluding hydrogens is 478 g/mol. The maximum Gasteiger partial charge on any atom is 0.449 e. The number of aromatic nitrogens is 2. The van der Waals surface area contributed by atoms with E-state index in [0.717, 1.165) is 4.57 Å². The average molecular weight is 494 g/mol. The molecule has 0 fully saturated rings. The summed E-state index contributed by atoms with van der Waals surface area (Å²) in [6, 6.07) is 15.7. The van der Waals surface area contributed by atoms with Crippen molar-refractivity contribution < 1.29 is 22.7 Å². The molecule has 33 heavy (non-hydrogen) atoms. The molecular formula is C23H16Cl2F3N3O2. The first-order valence-electron chi connectivity index (χ1n) is 9.64. The van der Waals surface area contributed by atoms with Gasteiger partial charge in [-0.15, -0.1) is 0 Å². The molecule has 0 aliphatic carbocycles. The molecule has 4 aromatic rings. The highest BCUT2D eigenvalue weighted by molar-refractivity contribution is 6.40. The number of halogens is 5. The normalized spacial score (nSPS) is 11.6. The Kier molecular flexibility index (Phi) is 6.23. The van der Waals surface area contributed by atoms with E-state index in [1.807, 2.05) is 0 Å². The lowest BCUT2D eigenvalue weighted by atomic mass is 10.1. The predicted molar refractivity (Wildman–Crippen MR) is 121 cm³/mol. The number of anilines is 1. The average Bonchev–Trinajstić information content (AvgIpc) is 3.16. The van der Waals surface area contributed by atoms with Crippen LogP contribution in [0.25, 0.3) is 11.0 Å². The first-order valence-corrected chi connectivity index (χ1v) is 10.4. The van der Waals surface area contributed by atoms with Crippen molar-refractivity contribution in [2.24, 2.45) is 0 Å². The molecule has 170 valence electrons. The van der Waals surface area contributed by atoms with Crippen LogP contribution in [-0.4, -0.2) is 22.6 Å². The molecule has 0 saturated carbocycles. The smallest absolute Gasteiger partial charge is 0.449 e. The van der Waals surface area contributed by atoms with Crippen LogP contribution in [0.5, 0.6) is 5.75 Å². The number of carbonyl (C=O) groups is 1. The van der Waals surface area contributed by atoms with Crippen molar-refractivity contribution in [2.75, 3.05) is 12.4 Å². The van der Waals surface area contributed by atoms with Crippen LogP contribution in [0.15, 0.2) is 60.7 Å². The fourth-order valence-electron chi connectivity index (χ4n) is 3.42. The van der Waals surface area contributed by atoms with Crippen LogP contribution in [0.2, 0.25) is 10.0 Å². The number of hydrogen-bond donors (Lipinski definition) is 1. The number of imidazole rings is 1. The minimum Gasteiger partial charge on any atom is -0.497 e. The van der Waals surface area contributed by atoms with Gasteiger partial charge in [0.05, 0.1) is 33.9 Å². The Morgan fingerprint density at radius 3 is 2.27 bits per heavy atom. The first kappa shape index (κ1) is 22.9. The third-order valence-electron chi connectivity index (χ3n) is 4.98. The molecule has 10 heteroatoms. The fraction of sp³-hybridized carbons (Fsp3) is 0.130. The molecule has 3 aromatic carbocycles. The fourth-order valence-corrected chi connectivity index (χ4v) is 3.91. The Balaban J connectivity index is 1.79. The number of hydrogen-bond acceptors (Lipinski definition) is 3. The third-order valence-corrected chi connectivity index (χ3v) is 5.61. The number of benzene rings is 3. The lowest BCUT2D eigenvalue weighted by molar-refractivity contribution is -0.146. The number of fused-ring (bicyclic) bond motifs is 1. The molecule has 0 radical (unpaired) electrons. The van der Waals surface area contributed by atoms with Gasteiger partial charge in [0.25, 0.3) is 5.91 Å². The summed E-state index contributed by atoms with van der Waals surface area (Å²) in [4.78, 5) is 16.8. The van der Waals surface area contributed by atoms with Gasteiger partial charge in [0.1, 0.15) is 11.3 Å². The second-order valence-corrected chi connectivity index (χ2v) is 7.91. The summed E-state index contributed by atoms with van der Waals surface area (Å²) >= 11 is 12.2. The van der Waals surface area contributed by atoms with Crippen molar-refractivity contribution in [1.29, 1.82) is 0 Å². The van der Waals surface area contributed by atoms with Gasteiger partial charge in [0.2, 0.25) is 5.82 Å². The molecule has 5 nitrogen and oxygen atoms in total. The number of methoxy groups -OCH3 is 1. The van der Waals surface area contributed by atoms with Crippen LogP contribution < -0.4 is 10.1 Å². The van der Waals surface area contributed by atoms with Crippen molar-refractivity contribution in [3.8, 4) is 5.75 Å². The van der Waals surface area contributed by atoms with Crippen LogP contribution >= 0.6 is 23.2 Å². The Morgan fingerprint density at radius 2 is 1.67 bits per heavy atom. The van der Waals surface area contributed by atoms with Crippen LogP contribution in [0.3, 0.4) is 0 Å². The number of amides is 1. The standard InChI is InChI=1S/C23H16Cl2F3N3O2/c1-33-14-10-8-13(9-11-14)12-31-18-7-2-4-15(19(18)30-22(31)23(26,27)28)21(32)29-20-16(24)5-3-6-17(20)25/h2-11H,12H2,1H3,(H,29,32). The maximum atomic E-state index is 13.9. The van der Waals surface area contributed by atoms with E-state index in [1.165, 1.54) is 37.4 Å². The van der Waals surface area contributed by atoms with Crippen LogP contribution in [0.4, 0.5) is 18.9 Å². The number of carbonyl (C=O) groups excluding carboxylic acids is 1. The van der Waals surface area contributed by atoms with Gasteiger partial charge in [-0.3, -0.25) is 4.79 Å². The van der Waals surface area contributed by atoms with Crippen molar-refractivity contribution in [1.82, 2.24) is 9.55 Å². The van der Waals surface area contributed by atoms with Gasteiger partial charge in [-0.05, 0) is 42.0 Å². The van der Waals surface area contributed by atoms with Crippen molar-refractivity contribution >= 4 is 45.8 Å². The van der Waals surface area contributed by atoms with Gasteiger partial charge in [0.15, 0.2) is 0 Å². The monoisotopic (exact) mass is 493 g/mol. The van der Waals surface area contributed by atoms with Crippen LogP contribution in [0, 0.1) is 0 Å². The number of rotatable bonds is 5. The van der Waals surface area contributed by atoms with E-state index in [1.54, 1.807) is 30.3 Å². The van der Waals surface area contributed by atoms with Gasteiger partial charge in [-0.1, -0.05) is 47.5 Å². The van der Waals surface area contributed by atoms with E-state index < -0.39 is 17.9 Å². The van der Waals surface area contributed by atoms with E-state index in [-0.39, 0.29) is 38.9 Å². The van der Waals surface area contributed by atoms with E-state index in [4.69, 9.17) is 27.9 Å².